The summed E-state index contributed by atoms with van der Waals surface area (Å²) in [5.41, 5.74) is 14.2. The number of rotatable bonds is 4. The van der Waals surface area contributed by atoms with Gasteiger partial charge in [-0.15, -0.1) is 0 Å². The molecule has 2 aliphatic heterocycles. The number of fused-ring (bicyclic) bond motifs is 4. The quantitative estimate of drug-likeness (QED) is 0.203. The molecule has 1 saturated carbocycles. The van der Waals surface area contributed by atoms with Crippen LogP contribution in [0.25, 0.3) is 0 Å². The molecule has 0 unspecified atom stereocenters. The van der Waals surface area contributed by atoms with E-state index in [0.717, 1.165) is 17.1 Å². The van der Waals surface area contributed by atoms with Crippen molar-refractivity contribution in [1.29, 1.82) is 5.26 Å². The van der Waals surface area contributed by atoms with Crippen LogP contribution in [0.3, 0.4) is 0 Å². The molecule has 5 heteroatoms. The van der Waals surface area contributed by atoms with Gasteiger partial charge in [-0.3, -0.25) is 0 Å². The lowest BCUT2D eigenvalue weighted by Gasteiger charge is -2.45. The molecule has 3 aliphatic rings. The van der Waals surface area contributed by atoms with Crippen molar-refractivity contribution in [2.24, 2.45) is 0 Å². The average molecular weight is 571 g/mol. The zero-order valence-electron chi connectivity index (χ0n) is 25.4. The molecule has 0 saturated heterocycles. The van der Waals surface area contributed by atoms with Gasteiger partial charge in [0, 0.05) is 53.9 Å². The van der Waals surface area contributed by atoms with E-state index in [4.69, 9.17) is 0 Å². The Morgan fingerprint density at radius 1 is 0.659 bits per heavy atom. The Morgan fingerprint density at radius 2 is 1.23 bits per heavy atom. The normalized spacial score (nSPS) is 15.2. The Kier molecular flexibility index (Phi) is 6.45. The molecule has 4 nitrogen and oxygen atoms in total. The standard InChI is InChI=1S/C39H35BN4/c1-42(2)32-19-21-36-34(25-32)40-33-22-27(26-41)18-20-35(33)43(30-14-8-4-9-15-30)37-23-29(28-12-6-3-7-13-28)24-38(39(37)40)44(36)31-16-10-5-11-17-31/h4-5,8-11,14-25,28H,3,6-7,12-13H2,1-2H3. The van der Waals surface area contributed by atoms with E-state index in [0.29, 0.717) is 11.5 Å². The molecule has 5 aromatic carbocycles. The molecule has 214 valence electrons. The van der Waals surface area contributed by atoms with Gasteiger partial charge in [-0.05, 0) is 114 Å². The summed E-state index contributed by atoms with van der Waals surface area (Å²) < 4.78 is 0. The molecule has 0 radical (unpaired) electrons. The van der Waals surface area contributed by atoms with E-state index in [9.17, 15) is 5.26 Å². The lowest BCUT2D eigenvalue weighted by atomic mass is 9.33. The lowest BCUT2D eigenvalue weighted by molar-refractivity contribution is 0.444. The van der Waals surface area contributed by atoms with Gasteiger partial charge in [-0.1, -0.05) is 55.7 Å². The Balaban J connectivity index is 1.49. The van der Waals surface area contributed by atoms with Crippen LogP contribution >= 0.6 is 0 Å². The van der Waals surface area contributed by atoms with Crippen LogP contribution in [0.4, 0.5) is 39.8 Å². The fraction of sp³-hybridized carbons (Fsp3) is 0.205. The number of benzene rings is 5. The molecule has 0 N–H and O–H groups in total. The summed E-state index contributed by atoms with van der Waals surface area (Å²) in [7, 11) is 4.21. The third-order valence-corrected chi connectivity index (χ3v) is 9.82. The zero-order chi connectivity index (χ0) is 29.8. The van der Waals surface area contributed by atoms with E-state index in [1.807, 2.05) is 6.07 Å². The van der Waals surface area contributed by atoms with Crippen molar-refractivity contribution >= 4 is 62.9 Å². The molecule has 2 heterocycles. The summed E-state index contributed by atoms with van der Waals surface area (Å²) >= 11 is 0. The van der Waals surface area contributed by atoms with Crippen LogP contribution in [0.1, 0.15) is 49.1 Å². The highest BCUT2D eigenvalue weighted by molar-refractivity contribution is 7.00. The van der Waals surface area contributed by atoms with Crippen LogP contribution in [0.2, 0.25) is 0 Å². The molecule has 1 aliphatic carbocycles. The van der Waals surface area contributed by atoms with Crippen molar-refractivity contribution in [3.8, 4) is 6.07 Å². The minimum atomic E-state index is -0.00136. The lowest BCUT2D eigenvalue weighted by Crippen LogP contribution is -2.61. The Bertz CT molecular complexity index is 1890. The van der Waals surface area contributed by atoms with E-state index in [1.54, 1.807) is 0 Å². The van der Waals surface area contributed by atoms with Gasteiger partial charge in [0.15, 0.2) is 0 Å². The molecule has 0 bridgehead atoms. The maximum atomic E-state index is 10.0. The second-order valence-electron chi connectivity index (χ2n) is 12.6. The van der Waals surface area contributed by atoms with Crippen LogP contribution in [0, 0.1) is 11.3 Å². The van der Waals surface area contributed by atoms with Crippen molar-refractivity contribution in [2.45, 2.75) is 38.0 Å². The molecule has 0 atom stereocenters. The van der Waals surface area contributed by atoms with Crippen molar-refractivity contribution in [2.75, 3.05) is 28.8 Å². The smallest absolute Gasteiger partial charge is 0.252 e. The van der Waals surface area contributed by atoms with Gasteiger partial charge in [-0.25, -0.2) is 0 Å². The Labute approximate surface area is 260 Å². The van der Waals surface area contributed by atoms with Gasteiger partial charge in [0.25, 0.3) is 6.71 Å². The average Bonchev–Trinajstić information content (AvgIpc) is 3.08. The molecule has 5 aromatic rings. The van der Waals surface area contributed by atoms with E-state index in [2.05, 4.69) is 138 Å². The highest BCUT2D eigenvalue weighted by Gasteiger charge is 2.44. The highest BCUT2D eigenvalue weighted by Crippen LogP contribution is 2.47. The number of para-hydroxylation sites is 2. The second-order valence-corrected chi connectivity index (χ2v) is 12.6. The first-order chi connectivity index (χ1) is 21.6. The van der Waals surface area contributed by atoms with Crippen LogP contribution in [0.15, 0.2) is 109 Å². The summed E-state index contributed by atoms with van der Waals surface area (Å²) in [5, 5.41) is 10.0. The Hall–Kier alpha value is -4.95. The fourth-order valence-corrected chi connectivity index (χ4v) is 7.74. The van der Waals surface area contributed by atoms with Crippen LogP contribution in [-0.2, 0) is 0 Å². The molecular formula is C39H35BN4. The first kappa shape index (κ1) is 26.7. The summed E-state index contributed by atoms with van der Waals surface area (Å²) in [4.78, 5) is 7.11. The number of hydrogen-bond acceptors (Lipinski definition) is 4. The van der Waals surface area contributed by atoms with E-state index < -0.39 is 0 Å². The maximum absolute atomic E-state index is 10.0. The minimum Gasteiger partial charge on any atom is -0.378 e. The topological polar surface area (TPSA) is 33.5 Å². The van der Waals surface area contributed by atoms with Crippen molar-refractivity contribution in [1.82, 2.24) is 0 Å². The van der Waals surface area contributed by atoms with Gasteiger partial charge in [0.05, 0.1) is 11.6 Å². The largest absolute Gasteiger partial charge is 0.378 e. The molecule has 0 amide bonds. The van der Waals surface area contributed by atoms with E-state index in [1.165, 1.54) is 76.8 Å². The molecule has 1 fully saturated rings. The summed E-state index contributed by atoms with van der Waals surface area (Å²) in [6.45, 7) is -0.00136. The maximum Gasteiger partial charge on any atom is 0.252 e. The van der Waals surface area contributed by atoms with Crippen LogP contribution in [0.5, 0.6) is 0 Å². The molecule has 0 aromatic heterocycles. The predicted molar refractivity (Wildman–Crippen MR) is 185 cm³/mol. The van der Waals surface area contributed by atoms with Crippen LogP contribution in [-0.4, -0.2) is 20.8 Å². The SMILES string of the molecule is CN(C)c1ccc2c(c1)B1c3cc(C#N)ccc3N(c3ccccc3)c3cc(C4CCCCC4)cc(c31)N2c1ccccc1. The van der Waals surface area contributed by atoms with Crippen molar-refractivity contribution in [3.63, 3.8) is 0 Å². The van der Waals surface area contributed by atoms with Crippen molar-refractivity contribution < 1.29 is 0 Å². The van der Waals surface area contributed by atoms with Gasteiger partial charge in [-0.2, -0.15) is 5.26 Å². The molecule has 8 rings (SSSR count). The van der Waals surface area contributed by atoms with E-state index >= 15 is 0 Å². The number of hydrogen-bond donors (Lipinski definition) is 0. The first-order valence-corrected chi connectivity index (χ1v) is 15.9. The zero-order valence-corrected chi connectivity index (χ0v) is 25.4. The van der Waals surface area contributed by atoms with Gasteiger partial charge in [0.1, 0.15) is 0 Å². The first-order valence-electron chi connectivity index (χ1n) is 15.9. The second kappa shape index (κ2) is 10.6. The minimum absolute atomic E-state index is 0.00136. The summed E-state index contributed by atoms with van der Waals surface area (Å²) in [5.74, 6) is 0.555. The van der Waals surface area contributed by atoms with Crippen LogP contribution < -0.4 is 31.1 Å². The van der Waals surface area contributed by atoms with E-state index in [-0.39, 0.29) is 6.71 Å². The number of anilines is 7. The third kappa shape index (κ3) is 4.20. The monoisotopic (exact) mass is 570 g/mol. The Morgan fingerprint density at radius 3 is 1.80 bits per heavy atom. The molecule has 0 spiro atoms. The molecular weight excluding hydrogens is 535 g/mol. The third-order valence-electron chi connectivity index (χ3n) is 9.82. The number of nitriles is 1. The van der Waals surface area contributed by atoms with Crippen molar-refractivity contribution in [3.05, 3.63) is 120 Å². The van der Waals surface area contributed by atoms with Gasteiger partial charge >= 0.3 is 0 Å². The molecule has 44 heavy (non-hydrogen) atoms. The highest BCUT2D eigenvalue weighted by atomic mass is 15.2. The fourth-order valence-electron chi connectivity index (χ4n) is 7.74. The predicted octanol–water partition coefficient (Wildman–Crippen LogP) is 7.75. The number of nitrogens with zero attached hydrogens (tertiary/aromatic N) is 4. The summed E-state index contributed by atoms with van der Waals surface area (Å²) in [6, 6.07) is 42.1. The van der Waals surface area contributed by atoms with Gasteiger partial charge in [0.2, 0.25) is 0 Å². The van der Waals surface area contributed by atoms with Gasteiger partial charge < -0.3 is 14.7 Å². The summed E-state index contributed by atoms with van der Waals surface area (Å²) in [6.07, 6.45) is 6.39.